The minimum Gasteiger partial charge on any atom is -0.497 e. The van der Waals surface area contributed by atoms with Crippen molar-refractivity contribution in [2.75, 3.05) is 24.8 Å². The fourth-order valence-electron chi connectivity index (χ4n) is 2.43. The maximum Gasteiger partial charge on any atom is 0.338 e. The Hall–Kier alpha value is -2.58. The van der Waals surface area contributed by atoms with Gasteiger partial charge in [0.05, 0.1) is 29.5 Å². The number of nitrogens with zero attached hydrogens (tertiary/aromatic N) is 1. The summed E-state index contributed by atoms with van der Waals surface area (Å²) in [6.07, 6.45) is 0.376. The van der Waals surface area contributed by atoms with E-state index in [0.717, 1.165) is 20.9 Å². The fourth-order valence-corrected chi connectivity index (χ4v) is 4.21. The van der Waals surface area contributed by atoms with Crippen molar-refractivity contribution in [3.8, 4) is 5.75 Å². The standard InChI is InChI=1S/C20H20N2O4S2/c1-3-26-19(24)13-4-9-16-17(12-13)28-20(21-16)22-18(23)10-11-27-15-7-5-14(25-2)6-8-15/h4-9,12H,3,10-11H2,1-2H3,(H,21,22,23). The van der Waals surface area contributed by atoms with E-state index in [1.54, 1.807) is 44.0 Å². The first-order valence-electron chi connectivity index (χ1n) is 8.73. The summed E-state index contributed by atoms with van der Waals surface area (Å²) >= 11 is 2.95. The Morgan fingerprint density at radius 3 is 2.68 bits per heavy atom. The Kier molecular flexibility index (Phi) is 6.89. The number of hydrogen-bond donors (Lipinski definition) is 1. The van der Waals surface area contributed by atoms with Gasteiger partial charge < -0.3 is 14.8 Å². The summed E-state index contributed by atoms with van der Waals surface area (Å²) in [5.74, 6) is 1.02. The molecule has 3 aromatic rings. The van der Waals surface area contributed by atoms with Crippen molar-refractivity contribution < 1.29 is 19.1 Å². The second-order valence-corrected chi connectivity index (χ2v) is 7.94. The molecule has 6 nitrogen and oxygen atoms in total. The van der Waals surface area contributed by atoms with Gasteiger partial charge in [-0.25, -0.2) is 9.78 Å². The Morgan fingerprint density at radius 1 is 1.18 bits per heavy atom. The molecular formula is C20H20N2O4S2. The molecule has 1 N–H and O–H groups in total. The lowest BCUT2D eigenvalue weighted by atomic mass is 10.2. The Labute approximate surface area is 171 Å². The molecule has 8 heteroatoms. The van der Waals surface area contributed by atoms with Crippen molar-refractivity contribution in [2.45, 2.75) is 18.2 Å². The third-order valence-electron chi connectivity index (χ3n) is 3.80. The van der Waals surface area contributed by atoms with E-state index in [-0.39, 0.29) is 11.9 Å². The van der Waals surface area contributed by atoms with Crippen molar-refractivity contribution >= 4 is 50.3 Å². The second kappa shape index (κ2) is 9.57. The third kappa shape index (κ3) is 5.24. The summed E-state index contributed by atoms with van der Waals surface area (Å²) in [4.78, 5) is 29.5. The summed E-state index contributed by atoms with van der Waals surface area (Å²) in [7, 11) is 1.63. The molecule has 0 saturated carbocycles. The van der Waals surface area contributed by atoms with Gasteiger partial charge in [-0.1, -0.05) is 11.3 Å². The summed E-state index contributed by atoms with van der Waals surface area (Å²) in [5.41, 5.74) is 1.22. The normalized spacial score (nSPS) is 10.6. The average Bonchev–Trinajstić information content (AvgIpc) is 3.10. The Morgan fingerprint density at radius 2 is 1.96 bits per heavy atom. The molecule has 2 aromatic carbocycles. The maximum atomic E-state index is 12.2. The fraction of sp³-hybridized carbons (Fsp3) is 0.250. The predicted molar refractivity (Wildman–Crippen MR) is 113 cm³/mol. The number of amides is 1. The molecule has 0 spiro atoms. The second-order valence-electron chi connectivity index (χ2n) is 5.74. The van der Waals surface area contributed by atoms with Gasteiger partial charge >= 0.3 is 5.97 Å². The van der Waals surface area contributed by atoms with Crippen molar-refractivity contribution in [1.29, 1.82) is 0 Å². The van der Waals surface area contributed by atoms with E-state index >= 15 is 0 Å². The summed E-state index contributed by atoms with van der Waals surface area (Å²) in [5, 5.41) is 3.35. The largest absolute Gasteiger partial charge is 0.497 e. The van der Waals surface area contributed by atoms with Gasteiger partial charge in [-0.2, -0.15) is 0 Å². The third-order valence-corrected chi connectivity index (χ3v) is 5.75. The van der Waals surface area contributed by atoms with Crippen LogP contribution in [0.15, 0.2) is 47.4 Å². The quantitative estimate of drug-likeness (QED) is 0.427. The number of rotatable bonds is 8. The summed E-state index contributed by atoms with van der Waals surface area (Å²) in [6, 6.07) is 12.9. The predicted octanol–water partition coefficient (Wildman–Crippen LogP) is 4.60. The minimum absolute atomic E-state index is 0.0920. The van der Waals surface area contributed by atoms with E-state index < -0.39 is 0 Å². The van der Waals surface area contributed by atoms with Gasteiger partial charge in [0.2, 0.25) is 5.91 Å². The highest BCUT2D eigenvalue weighted by Crippen LogP contribution is 2.27. The smallest absolute Gasteiger partial charge is 0.338 e. The van der Waals surface area contributed by atoms with Crippen LogP contribution in [0.5, 0.6) is 5.75 Å². The Bertz CT molecular complexity index is 970. The molecule has 0 radical (unpaired) electrons. The zero-order valence-corrected chi connectivity index (χ0v) is 17.2. The molecule has 0 aliphatic rings. The molecule has 0 unspecified atom stereocenters. The van der Waals surface area contributed by atoms with Gasteiger partial charge in [0.25, 0.3) is 0 Å². The average molecular weight is 417 g/mol. The number of benzene rings is 2. The van der Waals surface area contributed by atoms with Crippen LogP contribution in [-0.2, 0) is 9.53 Å². The zero-order valence-electron chi connectivity index (χ0n) is 15.6. The van der Waals surface area contributed by atoms with Gasteiger partial charge in [0.1, 0.15) is 5.75 Å². The van der Waals surface area contributed by atoms with Crippen molar-refractivity contribution in [3.63, 3.8) is 0 Å². The van der Waals surface area contributed by atoms with Crippen LogP contribution < -0.4 is 10.1 Å². The number of fused-ring (bicyclic) bond motifs is 1. The highest BCUT2D eigenvalue weighted by molar-refractivity contribution is 7.99. The topological polar surface area (TPSA) is 77.5 Å². The van der Waals surface area contributed by atoms with E-state index in [1.165, 1.54) is 11.3 Å². The van der Waals surface area contributed by atoms with Crippen LogP contribution in [0.1, 0.15) is 23.7 Å². The van der Waals surface area contributed by atoms with Gasteiger partial charge in [-0.15, -0.1) is 11.8 Å². The van der Waals surface area contributed by atoms with Crippen molar-refractivity contribution in [1.82, 2.24) is 4.98 Å². The molecule has 0 aliphatic carbocycles. The highest BCUT2D eigenvalue weighted by atomic mass is 32.2. The van der Waals surface area contributed by atoms with Crippen molar-refractivity contribution in [3.05, 3.63) is 48.0 Å². The number of esters is 1. The SMILES string of the molecule is CCOC(=O)c1ccc2nc(NC(=O)CCSc3ccc(OC)cc3)sc2c1. The number of thioether (sulfide) groups is 1. The molecule has 0 aliphatic heterocycles. The number of methoxy groups -OCH3 is 1. The van der Waals surface area contributed by atoms with Gasteiger partial charge in [-0.3, -0.25) is 4.79 Å². The monoisotopic (exact) mass is 416 g/mol. The number of carbonyl (C=O) groups excluding carboxylic acids is 2. The van der Waals surface area contributed by atoms with Crippen LogP contribution in [-0.4, -0.2) is 36.3 Å². The molecular weight excluding hydrogens is 396 g/mol. The van der Waals surface area contributed by atoms with E-state index in [0.29, 0.717) is 29.5 Å². The van der Waals surface area contributed by atoms with E-state index in [1.807, 2.05) is 24.3 Å². The summed E-state index contributed by atoms with van der Waals surface area (Å²) < 4.78 is 11.0. The van der Waals surface area contributed by atoms with Crippen LogP contribution in [0.4, 0.5) is 5.13 Å². The molecule has 28 heavy (non-hydrogen) atoms. The first-order valence-corrected chi connectivity index (χ1v) is 10.5. The number of hydrogen-bond acceptors (Lipinski definition) is 7. The molecule has 1 heterocycles. The highest BCUT2D eigenvalue weighted by Gasteiger charge is 2.12. The molecule has 0 saturated heterocycles. The van der Waals surface area contributed by atoms with Crippen molar-refractivity contribution in [2.24, 2.45) is 0 Å². The summed E-state index contributed by atoms with van der Waals surface area (Å²) in [6.45, 7) is 2.10. The van der Waals surface area contributed by atoms with Crippen LogP contribution in [0.2, 0.25) is 0 Å². The number of anilines is 1. The lowest BCUT2D eigenvalue weighted by molar-refractivity contribution is -0.115. The molecule has 3 rings (SSSR count). The van der Waals surface area contributed by atoms with E-state index in [4.69, 9.17) is 9.47 Å². The number of ether oxygens (including phenoxy) is 2. The van der Waals surface area contributed by atoms with Crippen LogP contribution in [0, 0.1) is 0 Å². The molecule has 146 valence electrons. The maximum absolute atomic E-state index is 12.2. The lowest BCUT2D eigenvalue weighted by Crippen LogP contribution is -2.11. The first kappa shape index (κ1) is 20.2. The van der Waals surface area contributed by atoms with Crippen LogP contribution in [0.3, 0.4) is 0 Å². The molecule has 1 amide bonds. The molecule has 0 fully saturated rings. The Balaban J connectivity index is 1.54. The number of carbonyl (C=O) groups is 2. The number of thiazole rings is 1. The van der Waals surface area contributed by atoms with Gasteiger partial charge in [-0.05, 0) is 49.4 Å². The minimum atomic E-state index is -0.362. The van der Waals surface area contributed by atoms with Gasteiger partial charge in [0, 0.05) is 17.1 Å². The molecule has 0 bridgehead atoms. The lowest BCUT2D eigenvalue weighted by Gasteiger charge is -2.03. The van der Waals surface area contributed by atoms with E-state index in [2.05, 4.69) is 10.3 Å². The number of nitrogens with one attached hydrogen (secondary N) is 1. The van der Waals surface area contributed by atoms with E-state index in [9.17, 15) is 9.59 Å². The van der Waals surface area contributed by atoms with Gasteiger partial charge in [0.15, 0.2) is 5.13 Å². The molecule has 1 aromatic heterocycles. The molecule has 0 atom stereocenters. The zero-order chi connectivity index (χ0) is 19.9. The number of aromatic nitrogens is 1. The van der Waals surface area contributed by atoms with Crippen LogP contribution in [0.25, 0.3) is 10.2 Å². The first-order chi connectivity index (χ1) is 13.6. The van der Waals surface area contributed by atoms with Crippen LogP contribution >= 0.6 is 23.1 Å².